The maximum atomic E-state index is 2.75. The minimum atomic E-state index is 0. The predicted molar refractivity (Wildman–Crippen MR) is 74.9 cm³/mol. The normalized spacial score (nSPS) is 5.62. The van der Waals surface area contributed by atoms with Crippen LogP contribution in [-0.4, -0.2) is 70.5 Å². The van der Waals surface area contributed by atoms with Gasteiger partial charge in [0.25, 0.3) is 0 Å². The van der Waals surface area contributed by atoms with Crippen LogP contribution < -0.4 is 26.6 Å². The molecular weight excluding hydrogens is 371 g/mol. The second-order valence-corrected chi connectivity index (χ2v) is 2.50. The molecule has 0 unspecified atom stereocenters. The maximum Gasteiger partial charge on any atom is 5.00 e. The Labute approximate surface area is 119 Å². The van der Waals surface area contributed by atoms with Crippen molar-refractivity contribution < 1.29 is 22.4 Å². The smallest absolute Gasteiger partial charge is 0.323 e. The summed E-state index contributed by atoms with van der Waals surface area (Å²) in [7, 11) is 18.8. The van der Waals surface area contributed by atoms with E-state index in [1.165, 1.54) is 0 Å². The molecule has 0 aromatic rings. The zero-order chi connectivity index (χ0) is 13.5. The Morgan fingerprint density at radius 1 is 0.312 bits per heavy atom. The van der Waals surface area contributed by atoms with Crippen LogP contribution in [0.3, 0.4) is 0 Å². The Bertz CT molecular complexity index is 30.8. The standard InChI is InChI=1S/5C2H7N.Ta/c5*1-3-2;/h5*3H,1-2H3;/q;;;;;+5. The van der Waals surface area contributed by atoms with Gasteiger partial charge in [-0.2, -0.15) is 0 Å². The summed E-state index contributed by atoms with van der Waals surface area (Å²) in [4.78, 5) is 0. The molecule has 0 aliphatic heterocycles. The summed E-state index contributed by atoms with van der Waals surface area (Å²) in [6.45, 7) is 0. The van der Waals surface area contributed by atoms with Crippen molar-refractivity contribution in [3.05, 3.63) is 0 Å². The molecule has 0 saturated carbocycles. The topological polar surface area (TPSA) is 60.1 Å². The first-order chi connectivity index (χ1) is 7.07. The molecule has 0 aliphatic carbocycles. The molecule has 0 bridgehead atoms. The van der Waals surface area contributed by atoms with Gasteiger partial charge in [-0.25, -0.2) is 0 Å². The SMILES string of the molecule is CNC.CNC.CNC.CNC.CNC.[Ta+5]. The van der Waals surface area contributed by atoms with E-state index in [0.717, 1.165) is 0 Å². The maximum absolute atomic E-state index is 2.75. The van der Waals surface area contributed by atoms with E-state index in [9.17, 15) is 0 Å². The van der Waals surface area contributed by atoms with Crippen LogP contribution in [0.1, 0.15) is 0 Å². The van der Waals surface area contributed by atoms with Crippen LogP contribution in [0.25, 0.3) is 0 Å². The van der Waals surface area contributed by atoms with Crippen molar-refractivity contribution in [3.8, 4) is 0 Å². The van der Waals surface area contributed by atoms with Gasteiger partial charge in [0.15, 0.2) is 0 Å². The third kappa shape index (κ3) is 9130. The van der Waals surface area contributed by atoms with Crippen LogP contribution >= 0.6 is 0 Å². The first-order valence-electron chi connectivity index (χ1n) is 5.00. The van der Waals surface area contributed by atoms with E-state index >= 15 is 0 Å². The second-order valence-electron chi connectivity index (χ2n) is 2.50. The Morgan fingerprint density at radius 3 is 0.312 bits per heavy atom. The van der Waals surface area contributed by atoms with Crippen molar-refractivity contribution in [1.82, 2.24) is 26.6 Å². The Hall–Kier alpha value is 0.540. The third-order valence-corrected chi connectivity index (χ3v) is 0. The van der Waals surface area contributed by atoms with Gasteiger partial charge in [-0.15, -0.1) is 0 Å². The fourth-order valence-electron chi connectivity index (χ4n) is 0. The molecule has 6 heteroatoms. The van der Waals surface area contributed by atoms with E-state index in [4.69, 9.17) is 0 Å². The van der Waals surface area contributed by atoms with Crippen LogP contribution in [-0.2, 0) is 22.4 Å². The van der Waals surface area contributed by atoms with E-state index in [-0.39, 0.29) is 22.4 Å². The molecule has 0 aliphatic rings. The molecule has 5 nitrogen and oxygen atoms in total. The van der Waals surface area contributed by atoms with Crippen molar-refractivity contribution in [2.24, 2.45) is 0 Å². The molecule has 0 saturated heterocycles. The number of hydrogen-bond acceptors (Lipinski definition) is 5. The zero-order valence-corrected chi connectivity index (χ0v) is 16.2. The Morgan fingerprint density at radius 2 is 0.312 bits per heavy atom. The van der Waals surface area contributed by atoms with Gasteiger partial charge < -0.3 is 26.6 Å². The van der Waals surface area contributed by atoms with Crippen molar-refractivity contribution in [2.75, 3.05) is 70.5 Å². The number of nitrogens with one attached hydrogen (secondary N) is 5. The van der Waals surface area contributed by atoms with Crippen LogP contribution in [0.4, 0.5) is 0 Å². The van der Waals surface area contributed by atoms with Crippen molar-refractivity contribution in [2.45, 2.75) is 0 Å². The predicted octanol–water partition coefficient (Wildman–Crippen LogP) is -0.824. The number of rotatable bonds is 0. The largest absolute Gasteiger partial charge is 5.00 e. The van der Waals surface area contributed by atoms with Gasteiger partial charge in [0.1, 0.15) is 0 Å². The third-order valence-electron chi connectivity index (χ3n) is 0. The van der Waals surface area contributed by atoms with Gasteiger partial charge in [0, 0.05) is 0 Å². The summed E-state index contributed by atoms with van der Waals surface area (Å²) in [6.07, 6.45) is 0. The molecule has 5 N–H and O–H groups in total. The Kier molecular flexibility index (Phi) is 241. The summed E-state index contributed by atoms with van der Waals surface area (Å²) < 4.78 is 0. The van der Waals surface area contributed by atoms with Gasteiger partial charge >= 0.3 is 22.4 Å². The van der Waals surface area contributed by atoms with Crippen molar-refractivity contribution >= 4 is 0 Å². The monoisotopic (exact) mass is 406 g/mol. The van der Waals surface area contributed by atoms with E-state index in [2.05, 4.69) is 26.6 Å². The summed E-state index contributed by atoms with van der Waals surface area (Å²) in [5.41, 5.74) is 0. The van der Waals surface area contributed by atoms with Crippen LogP contribution in [0.2, 0.25) is 0 Å². The van der Waals surface area contributed by atoms with Crippen LogP contribution in [0.15, 0.2) is 0 Å². The molecule has 0 fully saturated rings. The molecule has 0 atom stereocenters. The van der Waals surface area contributed by atoms with E-state index in [0.29, 0.717) is 0 Å². The molecule has 0 rings (SSSR count). The molecule has 0 heterocycles. The fourth-order valence-corrected chi connectivity index (χ4v) is 0. The second kappa shape index (κ2) is 107. The zero-order valence-electron chi connectivity index (χ0n) is 12.9. The molecule has 0 aromatic carbocycles. The average Bonchev–Trinajstić information content (AvgIpc) is 2.09. The van der Waals surface area contributed by atoms with Gasteiger partial charge in [-0.3, -0.25) is 0 Å². The summed E-state index contributed by atoms with van der Waals surface area (Å²) in [6, 6.07) is 0. The number of hydrogen-bond donors (Lipinski definition) is 5. The van der Waals surface area contributed by atoms with E-state index in [1.54, 1.807) is 0 Å². The van der Waals surface area contributed by atoms with E-state index in [1.807, 2.05) is 70.5 Å². The van der Waals surface area contributed by atoms with Gasteiger partial charge in [-0.05, 0) is 70.5 Å². The average molecular weight is 406 g/mol. The Balaban J connectivity index is -0.0000000192. The van der Waals surface area contributed by atoms with Crippen LogP contribution in [0.5, 0.6) is 0 Å². The molecule has 0 amide bonds. The van der Waals surface area contributed by atoms with E-state index < -0.39 is 0 Å². The van der Waals surface area contributed by atoms with Crippen molar-refractivity contribution in [3.63, 3.8) is 0 Å². The molecular formula is C10H35N5Ta+5. The molecule has 0 aromatic heterocycles. The summed E-state index contributed by atoms with van der Waals surface area (Å²) in [5.74, 6) is 0. The molecule has 100 valence electrons. The minimum absolute atomic E-state index is 0. The van der Waals surface area contributed by atoms with Crippen molar-refractivity contribution in [1.29, 1.82) is 0 Å². The molecule has 0 radical (unpaired) electrons. The first kappa shape index (κ1) is 36.0. The minimum Gasteiger partial charge on any atom is -0.323 e. The quantitative estimate of drug-likeness (QED) is 0.364. The van der Waals surface area contributed by atoms with Gasteiger partial charge in [-0.1, -0.05) is 0 Å². The van der Waals surface area contributed by atoms with Gasteiger partial charge in [0.05, 0.1) is 0 Å². The summed E-state index contributed by atoms with van der Waals surface area (Å²) >= 11 is 0. The van der Waals surface area contributed by atoms with Gasteiger partial charge in [0.2, 0.25) is 0 Å². The first-order valence-corrected chi connectivity index (χ1v) is 5.00. The molecule has 16 heavy (non-hydrogen) atoms. The van der Waals surface area contributed by atoms with Crippen LogP contribution in [0, 0.1) is 0 Å². The summed E-state index contributed by atoms with van der Waals surface area (Å²) in [5, 5.41) is 13.8. The molecule has 0 spiro atoms. The fraction of sp³-hybridized carbons (Fsp3) is 1.00.